The van der Waals surface area contributed by atoms with Crippen LogP contribution in [0.5, 0.6) is 0 Å². The van der Waals surface area contributed by atoms with Crippen molar-refractivity contribution in [3.8, 4) is 0 Å². The van der Waals surface area contributed by atoms with Gasteiger partial charge in [0.25, 0.3) is 5.91 Å². The molecule has 1 heterocycles. The summed E-state index contributed by atoms with van der Waals surface area (Å²) in [6.07, 6.45) is 4.44. The smallest absolute Gasteiger partial charge is 0.327 e. The van der Waals surface area contributed by atoms with Gasteiger partial charge >= 0.3 is 6.03 Å². The molecular formula is C16H27N3O3. The summed E-state index contributed by atoms with van der Waals surface area (Å²) in [6.45, 7) is 4.53. The van der Waals surface area contributed by atoms with Gasteiger partial charge in [0.2, 0.25) is 5.91 Å². The van der Waals surface area contributed by atoms with Crippen molar-refractivity contribution >= 4 is 17.8 Å². The number of nitrogens with zero attached hydrogens (tertiary/aromatic N) is 3. The van der Waals surface area contributed by atoms with Crippen molar-refractivity contribution in [2.45, 2.75) is 51.5 Å². The maximum Gasteiger partial charge on any atom is 0.327 e. The van der Waals surface area contributed by atoms with Gasteiger partial charge in [0.15, 0.2) is 0 Å². The number of imide groups is 1. The lowest BCUT2D eigenvalue weighted by molar-refractivity contribution is -0.140. The second-order valence-electron chi connectivity index (χ2n) is 6.99. The van der Waals surface area contributed by atoms with Gasteiger partial charge in [0.05, 0.1) is 0 Å². The maximum atomic E-state index is 12.8. The van der Waals surface area contributed by atoms with Crippen LogP contribution in [0.2, 0.25) is 0 Å². The molecule has 2 fully saturated rings. The highest BCUT2D eigenvalue weighted by Crippen LogP contribution is 2.39. The third kappa shape index (κ3) is 2.83. The Labute approximate surface area is 132 Å². The standard InChI is InChI=1S/C16H27N3O3/c1-12(2)10-17(3)13(20)11-19-14(21)16(18(4)15(19)22)8-6-5-7-9-16/h12H,5-11H2,1-4H3. The molecule has 1 spiro atoms. The van der Waals surface area contributed by atoms with E-state index in [2.05, 4.69) is 0 Å². The van der Waals surface area contributed by atoms with Crippen molar-refractivity contribution in [1.29, 1.82) is 0 Å². The zero-order valence-electron chi connectivity index (χ0n) is 14.1. The van der Waals surface area contributed by atoms with Gasteiger partial charge in [0.1, 0.15) is 12.1 Å². The van der Waals surface area contributed by atoms with Crippen LogP contribution < -0.4 is 0 Å². The normalized spacial score (nSPS) is 21.1. The van der Waals surface area contributed by atoms with Crippen LogP contribution in [0.25, 0.3) is 0 Å². The SMILES string of the molecule is CC(C)CN(C)C(=O)CN1C(=O)N(C)C2(CCCCC2)C1=O. The summed E-state index contributed by atoms with van der Waals surface area (Å²) in [5, 5.41) is 0. The molecule has 2 aliphatic rings. The van der Waals surface area contributed by atoms with Crippen molar-refractivity contribution in [1.82, 2.24) is 14.7 Å². The first-order valence-corrected chi connectivity index (χ1v) is 8.13. The zero-order valence-corrected chi connectivity index (χ0v) is 14.1. The maximum absolute atomic E-state index is 12.8. The molecule has 0 unspecified atom stereocenters. The molecular weight excluding hydrogens is 282 g/mol. The van der Waals surface area contributed by atoms with Crippen LogP contribution in [0.1, 0.15) is 46.0 Å². The van der Waals surface area contributed by atoms with Gasteiger partial charge in [-0.3, -0.25) is 14.5 Å². The molecule has 6 nitrogen and oxygen atoms in total. The predicted molar refractivity (Wildman–Crippen MR) is 83.2 cm³/mol. The lowest BCUT2D eigenvalue weighted by Crippen LogP contribution is -2.49. The van der Waals surface area contributed by atoms with Gasteiger partial charge in [-0.15, -0.1) is 0 Å². The average molecular weight is 309 g/mol. The molecule has 0 aromatic carbocycles. The van der Waals surface area contributed by atoms with Crippen LogP contribution in [-0.4, -0.2) is 65.3 Å². The Morgan fingerprint density at radius 3 is 2.36 bits per heavy atom. The highest BCUT2D eigenvalue weighted by molar-refractivity contribution is 6.08. The number of hydrogen-bond acceptors (Lipinski definition) is 3. The molecule has 0 aromatic rings. The first-order valence-electron chi connectivity index (χ1n) is 8.13. The second kappa shape index (κ2) is 6.26. The van der Waals surface area contributed by atoms with E-state index >= 15 is 0 Å². The largest absolute Gasteiger partial charge is 0.344 e. The van der Waals surface area contributed by atoms with E-state index < -0.39 is 5.54 Å². The minimum Gasteiger partial charge on any atom is -0.344 e. The summed E-state index contributed by atoms with van der Waals surface area (Å²) >= 11 is 0. The van der Waals surface area contributed by atoms with Crippen LogP contribution in [-0.2, 0) is 9.59 Å². The number of hydrogen-bond donors (Lipinski definition) is 0. The molecule has 0 aromatic heterocycles. The summed E-state index contributed by atoms with van der Waals surface area (Å²) in [6, 6.07) is -0.335. The molecule has 1 aliphatic heterocycles. The summed E-state index contributed by atoms with van der Waals surface area (Å²) in [7, 11) is 3.40. The Kier molecular flexibility index (Phi) is 4.78. The van der Waals surface area contributed by atoms with E-state index in [9.17, 15) is 14.4 Å². The molecule has 4 amide bonds. The number of amides is 4. The van der Waals surface area contributed by atoms with Gasteiger partial charge in [-0.1, -0.05) is 33.1 Å². The van der Waals surface area contributed by atoms with E-state index in [-0.39, 0.29) is 24.4 Å². The van der Waals surface area contributed by atoms with E-state index in [1.807, 2.05) is 13.8 Å². The van der Waals surface area contributed by atoms with Crippen molar-refractivity contribution in [2.24, 2.45) is 5.92 Å². The molecule has 2 rings (SSSR count). The van der Waals surface area contributed by atoms with Crippen LogP contribution in [0, 0.1) is 5.92 Å². The summed E-state index contributed by atoms with van der Waals surface area (Å²) in [5.74, 6) is -0.0195. The van der Waals surface area contributed by atoms with Gasteiger partial charge < -0.3 is 9.80 Å². The molecule has 0 atom stereocenters. The van der Waals surface area contributed by atoms with Crippen molar-refractivity contribution in [2.75, 3.05) is 27.2 Å². The fraction of sp³-hybridized carbons (Fsp3) is 0.812. The molecule has 1 aliphatic carbocycles. The molecule has 0 bridgehead atoms. The molecule has 124 valence electrons. The van der Waals surface area contributed by atoms with Gasteiger partial charge in [-0.25, -0.2) is 4.79 Å². The van der Waals surface area contributed by atoms with Crippen LogP contribution in [0.4, 0.5) is 4.79 Å². The summed E-state index contributed by atoms with van der Waals surface area (Å²) in [5.41, 5.74) is -0.702. The first-order chi connectivity index (χ1) is 10.3. The highest BCUT2D eigenvalue weighted by Gasteiger charge is 2.55. The monoisotopic (exact) mass is 309 g/mol. The fourth-order valence-electron chi connectivity index (χ4n) is 3.58. The minimum absolute atomic E-state index is 0.146. The Balaban J connectivity index is 2.10. The van der Waals surface area contributed by atoms with Crippen molar-refractivity contribution in [3.05, 3.63) is 0 Å². The second-order valence-corrected chi connectivity index (χ2v) is 6.99. The van der Waals surface area contributed by atoms with Crippen molar-refractivity contribution in [3.63, 3.8) is 0 Å². The van der Waals surface area contributed by atoms with E-state index in [1.165, 1.54) is 0 Å². The summed E-state index contributed by atoms with van der Waals surface area (Å²) < 4.78 is 0. The average Bonchev–Trinajstić information content (AvgIpc) is 2.64. The Morgan fingerprint density at radius 2 is 1.82 bits per heavy atom. The fourth-order valence-corrected chi connectivity index (χ4v) is 3.58. The van der Waals surface area contributed by atoms with E-state index in [0.29, 0.717) is 25.3 Å². The van der Waals surface area contributed by atoms with E-state index in [0.717, 1.165) is 24.2 Å². The van der Waals surface area contributed by atoms with Gasteiger partial charge in [-0.2, -0.15) is 0 Å². The van der Waals surface area contributed by atoms with Crippen LogP contribution in [0.3, 0.4) is 0 Å². The lowest BCUT2D eigenvalue weighted by atomic mass is 9.81. The third-order valence-electron chi connectivity index (χ3n) is 4.84. The Morgan fingerprint density at radius 1 is 1.23 bits per heavy atom. The molecule has 6 heteroatoms. The summed E-state index contributed by atoms with van der Waals surface area (Å²) in [4.78, 5) is 41.8. The molecule has 0 N–H and O–H groups in total. The Bertz CT molecular complexity index is 469. The predicted octanol–water partition coefficient (Wildman–Crippen LogP) is 1.70. The lowest BCUT2D eigenvalue weighted by Gasteiger charge is -2.35. The number of carbonyl (C=O) groups excluding carboxylic acids is 3. The van der Waals surface area contributed by atoms with E-state index in [1.54, 1.807) is 23.9 Å². The Hall–Kier alpha value is -1.59. The first kappa shape index (κ1) is 16.8. The zero-order chi connectivity index (χ0) is 16.5. The molecule has 1 saturated carbocycles. The minimum atomic E-state index is -0.702. The van der Waals surface area contributed by atoms with E-state index in [4.69, 9.17) is 0 Å². The van der Waals surface area contributed by atoms with Gasteiger partial charge in [0, 0.05) is 20.6 Å². The topological polar surface area (TPSA) is 60.9 Å². The number of likely N-dealkylation sites (N-methyl/N-ethyl adjacent to an activating group) is 2. The molecule has 22 heavy (non-hydrogen) atoms. The van der Waals surface area contributed by atoms with Crippen LogP contribution >= 0.6 is 0 Å². The quantitative estimate of drug-likeness (QED) is 0.743. The third-order valence-corrected chi connectivity index (χ3v) is 4.84. The molecule has 0 radical (unpaired) electrons. The highest BCUT2D eigenvalue weighted by atomic mass is 16.2. The van der Waals surface area contributed by atoms with Crippen molar-refractivity contribution < 1.29 is 14.4 Å². The number of urea groups is 1. The van der Waals surface area contributed by atoms with Gasteiger partial charge in [-0.05, 0) is 18.8 Å². The van der Waals surface area contributed by atoms with Crippen LogP contribution in [0.15, 0.2) is 0 Å². The number of rotatable bonds is 4. The molecule has 1 saturated heterocycles. The number of carbonyl (C=O) groups is 3.